The quantitative estimate of drug-likeness (QED) is 0.856. The molecule has 0 aliphatic carbocycles. The molecule has 5 nitrogen and oxygen atoms in total. The number of nitrogens with zero attached hydrogens (tertiary/aromatic N) is 3. The molecule has 3 heterocycles. The minimum absolute atomic E-state index is 0.0837. The van der Waals surface area contributed by atoms with Gasteiger partial charge < -0.3 is 9.32 Å². The molecular weight excluding hydrogens is 278 g/mol. The van der Waals surface area contributed by atoms with Crippen LogP contribution in [0.3, 0.4) is 0 Å². The fourth-order valence-electron chi connectivity index (χ4n) is 3.25. The number of rotatable bonds is 2. The second-order valence-electron chi connectivity index (χ2n) is 6.26. The van der Waals surface area contributed by atoms with Gasteiger partial charge in [0, 0.05) is 24.8 Å². The van der Waals surface area contributed by atoms with Crippen LogP contribution >= 0.6 is 0 Å². The summed E-state index contributed by atoms with van der Waals surface area (Å²) < 4.78 is 7.60. The van der Waals surface area contributed by atoms with Crippen LogP contribution in [0.5, 0.6) is 0 Å². The Morgan fingerprint density at radius 2 is 2.05 bits per heavy atom. The third kappa shape index (κ3) is 2.56. The summed E-state index contributed by atoms with van der Waals surface area (Å²) in [6, 6.07) is 0.264. The number of likely N-dealkylation sites (tertiary alicyclic amines) is 1. The first-order valence-electron chi connectivity index (χ1n) is 7.84. The Morgan fingerprint density at radius 1 is 1.27 bits per heavy atom. The lowest BCUT2D eigenvalue weighted by Gasteiger charge is -2.33. The van der Waals surface area contributed by atoms with Crippen molar-refractivity contribution in [3.05, 3.63) is 40.6 Å². The summed E-state index contributed by atoms with van der Waals surface area (Å²) in [7, 11) is 0. The van der Waals surface area contributed by atoms with Crippen molar-refractivity contribution in [1.82, 2.24) is 14.7 Å². The van der Waals surface area contributed by atoms with Crippen molar-refractivity contribution in [2.45, 2.75) is 46.6 Å². The zero-order valence-corrected chi connectivity index (χ0v) is 13.7. The average Bonchev–Trinajstić information content (AvgIpc) is 3.03. The van der Waals surface area contributed by atoms with Crippen molar-refractivity contribution < 1.29 is 9.21 Å². The van der Waals surface area contributed by atoms with Crippen molar-refractivity contribution in [3.8, 4) is 0 Å². The Labute approximate surface area is 130 Å². The first-order chi connectivity index (χ1) is 10.5. The lowest BCUT2D eigenvalue weighted by atomic mass is 10.0. The van der Waals surface area contributed by atoms with Gasteiger partial charge in [-0.05, 0) is 46.1 Å². The van der Waals surface area contributed by atoms with Gasteiger partial charge in [-0.15, -0.1) is 0 Å². The molecule has 2 aromatic rings. The second-order valence-corrected chi connectivity index (χ2v) is 6.26. The van der Waals surface area contributed by atoms with Gasteiger partial charge in [-0.3, -0.25) is 9.48 Å². The van der Waals surface area contributed by atoms with Crippen molar-refractivity contribution in [2.75, 3.05) is 13.1 Å². The molecule has 0 spiro atoms. The molecule has 1 atom stereocenters. The van der Waals surface area contributed by atoms with Crippen LogP contribution in [-0.4, -0.2) is 33.7 Å². The van der Waals surface area contributed by atoms with E-state index in [0.717, 1.165) is 47.6 Å². The molecule has 0 unspecified atom stereocenters. The first kappa shape index (κ1) is 14.9. The van der Waals surface area contributed by atoms with E-state index in [9.17, 15) is 4.79 Å². The fourth-order valence-corrected chi connectivity index (χ4v) is 3.25. The molecule has 118 valence electrons. The summed E-state index contributed by atoms with van der Waals surface area (Å²) in [6.07, 6.45) is 5.99. The monoisotopic (exact) mass is 301 g/mol. The standard InChI is InChI=1S/C17H23N3O2/c1-11-8-18-20(9-11)15-6-5-7-19(10-15)17(21)16-12(2)13(3)22-14(16)4/h8-9,15H,5-7,10H2,1-4H3/t15-/m1/s1. The van der Waals surface area contributed by atoms with E-state index in [-0.39, 0.29) is 11.9 Å². The van der Waals surface area contributed by atoms with Gasteiger partial charge in [0.05, 0.1) is 17.8 Å². The van der Waals surface area contributed by atoms with Crippen LogP contribution in [0.25, 0.3) is 0 Å². The molecule has 1 aliphatic heterocycles. The predicted molar refractivity (Wildman–Crippen MR) is 84.1 cm³/mol. The van der Waals surface area contributed by atoms with E-state index in [1.807, 2.05) is 43.5 Å². The van der Waals surface area contributed by atoms with Crippen LogP contribution < -0.4 is 0 Å². The Morgan fingerprint density at radius 3 is 2.64 bits per heavy atom. The molecule has 3 rings (SSSR count). The van der Waals surface area contributed by atoms with E-state index in [1.165, 1.54) is 0 Å². The van der Waals surface area contributed by atoms with Gasteiger partial charge in [-0.1, -0.05) is 0 Å². The largest absolute Gasteiger partial charge is 0.466 e. The molecular formula is C17H23N3O2. The van der Waals surface area contributed by atoms with Crippen molar-refractivity contribution >= 4 is 5.91 Å². The summed E-state index contributed by atoms with van der Waals surface area (Å²) >= 11 is 0. The molecule has 1 aliphatic rings. The van der Waals surface area contributed by atoms with Crippen LogP contribution in [0, 0.1) is 27.7 Å². The minimum atomic E-state index is 0.0837. The zero-order chi connectivity index (χ0) is 15.9. The number of carbonyl (C=O) groups excluding carboxylic acids is 1. The number of hydrogen-bond donors (Lipinski definition) is 0. The summed E-state index contributed by atoms with van der Waals surface area (Å²) in [5.74, 6) is 1.63. The maximum absolute atomic E-state index is 12.9. The van der Waals surface area contributed by atoms with Crippen molar-refractivity contribution in [1.29, 1.82) is 0 Å². The molecule has 0 aromatic carbocycles. The fraction of sp³-hybridized carbons (Fsp3) is 0.529. The number of aryl methyl sites for hydroxylation is 3. The van der Waals surface area contributed by atoms with Crippen LogP contribution in [0.15, 0.2) is 16.8 Å². The van der Waals surface area contributed by atoms with Gasteiger partial charge in [0.15, 0.2) is 0 Å². The molecule has 0 radical (unpaired) electrons. The third-order valence-electron chi connectivity index (χ3n) is 4.56. The summed E-state index contributed by atoms with van der Waals surface area (Å²) in [5.41, 5.74) is 2.84. The Bertz CT molecular complexity index is 699. The Hall–Kier alpha value is -2.04. The zero-order valence-electron chi connectivity index (χ0n) is 13.7. The number of hydrogen-bond acceptors (Lipinski definition) is 3. The molecule has 5 heteroatoms. The van der Waals surface area contributed by atoms with E-state index < -0.39 is 0 Å². The van der Waals surface area contributed by atoms with Gasteiger partial charge in [0.25, 0.3) is 5.91 Å². The summed E-state index contributed by atoms with van der Waals surface area (Å²) in [6.45, 7) is 9.28. The van der Waals surface area contributed by atoms with Gasteiger partial charge >= 0.3 is 0 Å². The highest BCUT2D eigenvalue weighted by Gasteiger charge is 2.29. The summed E-state index contributed by atoms with van der Waals surface area (Å²) in [4.78, 5) is 14.8. The second kappa shape index (κ2) is 5.63. The van der Waals surface area contributed by atoms with Gasteiger partial charge in [-0.25, -0.2) is 0 Å². The van der Waals surface area contributed by atoms with E-state index in [1.54, 1.807) is 0 Å². The van der Waals surface area contributed by atoms with E-state index >= 15 is 0 Å². The molecule has 0 saturated carbocycles. The number of piperidine rings is 1. The topological polar surface area (TPSA) is 51.3 Å². The number of furan rings is 1. The van der Waals surface area contributed by atoms with Crippen LogP contribution in [-0.2, 0) is 0 Å². The third-order valence-corrected chi connectivity index (χ3v) is 4.56. The highest BCUT2D eigenvalue weighted by Crippen LogP contribution is 2.26. The van der Waals surface area contributed by atoms with E-state index in [4.69, 9.17) is 4.42 Å². The number of carbonyl (C=O) groups is 1. The highest BCUT2D eigenvalue weighted by atomic mass is 16.3. The predicted octanol–water partition coefficient (Wildman–Crippen LogP) is 3.19. The molecule has 0 N–H and O–H groups in total. The lowest BCUT2D eigenvalue weighted by molar-refractivity contribution is 0.0670. The Kier molecular flexibility index (Phi) is 3.81. The highest BCUT2D eigenvalue weighted by molar-refractivity contribution is 5.97. The SMILES string of the molecule is Cc1cnn([C@@H]2CCCN(C(=O)c3c(C)oc(C)c3C)C2)c1. The molecule has 0 bridgehead atoms. The van der Waals surface area contributed by atoms with E-state index in [2.05, 4.69) is 11.3 Å². The average molecular weight is 301 g/mol. The van der Waals surface area contributed by atoms with Crippen LogP contribution in [0.4, 0.5) is 0 Å². The minimum Gasteiger partial charge on any atom is -0.466 e. The molecule has 1 fully saturated rings. The molecule has 1 amide bonds. The molecule has 1 saturated heterocycles. The smallest absolute Gasteiger partial charge is 0.257 e. The summed E-state index contributed by atoms with van der Waals surface area (Å²) in [5, 5.41) is 4.41. The van der Waals surface area contributed by atoms with Crippen molar-refractivity contribution in [2.24, 2.45) is 0 Å². The van der Waals surface area contributed by atoms with Gasteiger partial charge in [-0.2, -0.15) is 5.10 Å². The maximum atomic E-state index is 12.9. The number of aromatic nitrogens is 2. The maximum Gasteiger partial charge on any atom is 0.257 e. The first-order valence-corrected chi connectivity index (χ1v) is 7.84. The molecule has 22 heavy (non-hydrogen) atoms. The van der Waals surface area contributed by atoms with Crippen LogP contribution in [0.2, 0.25) is 0 Å². The van der Waals surface area contributed by atoms with Gasteiger partial charge in [0.1, 0.15) is 11.5 Å². The normalized spacial score (nSPS) is 18.7. The molecule has 2 aromatic heterocycles. The lowest BCUT2D eigenvalue weighted by Crippen LogP contribution is -2.41. The van der Waals surface area contributed by atoms with Gasteiger partial charge in [0.2, 0.25) is 0 Å². The Balaban J connectivity index is 1.81. The van der Waals surface area contributed by atoms with Crippen molar-refractivity contribution in [3.63, 3.8) is 0 Å². The van der Waals surface area contributed by atoms with Crippen LogP contribution in [0.1, 0.15) is 51.9 Å². The van der Waals surface area contributed by atoms with E-state index in [0.29, 0.717) is 6.54 Å². The number of amides is 1.